The zero-order valence-electron chi connectivity index (χ0n) is 13.2. The lowest BCUT2D eigenvalue weighted by molar-refractivity contribution is -0.144. The van der Waals surface area contributed by atoms with Gasteiger partial charge in [-0.2, -0.15) is 0 Å². The van der Waals surface area contributed by atoms with E-state index in [0.717, 1.165) is 5.69 Å². The fourth-order valence-electron chi connectivity index (χ4n) is 1.84. The van der Waals surface area contributed by atoms with Gasteiger partial charge in [0, 0.05) is 25.6 Å². The van der Waals surface area contributed by atoms with E-state index in [0.29, 0.717) is 38.2 Å². The molecule has 0 aromatic heterocycles. The van der Waals surface area contributed by atoms with Crippen LogP contribution in [0.1, 0.15) is 39.5 Å². The van der Waals surface area contributed by atoms with Crippen LogP contribution in [-0.2, 0) is 14.3 Å². The number of hydrogen-bond donors (Lipinski definition) is 0. The Morgan fingerprint density at radius 3 is 2.33 bits per heavy atom. The van der Waals surface area contributed by atoms with Gasteiger partial charge in [-0.25, -0.2) is 0 Å². The molecule has 0 saturated heterocycles. The largest absolute Gasteiger partial charge is 0.465 e. The van der Waals surface area contributed by atoms with Crippen LogP contribution in [0.3, 0.4) is 0 Å². The molecule has 116 valence electrons. The van der Waals surface area contributed by atoms with Crippen molar-refractivity contribution < 1.29 is 14.3 Å². The van der Waals surface area contributed by atoms with Gasteiger partial charge in [0.15, 0.2) is 0 Å². The average Bonchev–Trinajstić information content (AvgIpc) is 2.49. The molecule has 0 atom stereocenters. The number of anilines is 1. The first-order valence-corrected chi connectivity index (χ1v) is 7.48. The summed E-state index contributed by atoms with van der Waals surface area (Å²) in [5.41, 5.74) is 0.888. The van der Waals surface area contributed by atoms with Crippen molar-refractivity contribution in [3.8, 4) is 0 Å². The topological polar surface area (TPSA) is 46.6 Å². The highest BCUT2D eigenvalue weighted by molar-refractivity contribution is 5.92. The van der Waals surface area contributed by atoms with Crippen LogP contribution in [0.2, 0.25) is 0 Å². The number of nitrogens with zero attached hydrogens (tertiary/aromatic N) is 1. The molecule has 1 aromatic carbocycles. The molecule has 21 heavy (non-hydrogen) atoms. The normalized spacial score (nSPS) is 10.5. The number of hydrogen-bond acceptors (Lipinski definition) is 3. The number of esters is 1. The molecule has 1 aromatic rings. The van der Waals surface area contributed by atoms with Crippen LogP contribution in [-0.4, -0.2) is 25.5 Å². The molecule has 0 radical (unpaired) electrons. The SMILES string of the molecule is CC(C)COC(=O)CCCCC(=O)N(C)c1ccccc1. The maximum Gasteiger partial charge on any atom is 0.305 e. The van der Waals surface area contributed by atoms with E-state index in [-0.39, 0.29) is 11.9 Å². The second kappa shape index (κ2) is 9.16. The summed E-state index contributed by atoms with van der Waals surface area (Å²) >= 11 is 0. The fraction of sp³-hybridized carbons (Fsp3) is 0.529. The second-order valence-corrected chi connectivity index (χ2v) is 5.57. The van der Waals surface area contributed by atoms with E-state index < -0.39 is 0 Å². The van der Waals surface area contributed by atoms with Crippen LogP contribution in [0.15, 0.2) is 30.3 Å². The van der Waals surface area contributed by atoms with Crippen molar-refractivity contribution in [3.05, 3.63) is 30.3 Å². The number of ether oxygens (including phenoxy) is 1. The van der Waals surface area contributed by atoms with E-state index in [4.69, 9.17) is 4.74 Å². The maximum atomic E-state index is 12.0. The third kappa shape index (κ3) is 6.93. The van der Waals surface area contributed by atoms with E-state index in [1.54, 1.807) is 11.9 Å². The van der Waals surface area contributed by atoms with Gasteiger partial charge in [-0.05, 0) is 30.9 Å². The third-order valence-electron chi connectivity index (χ3n) is 3.12. The lowest BCUT2D eigenvalue weighted by atomic mass is 10.1. The Balaban J connectivity index is 2.20. The number of carbonyl (C=O) groups excluding carboxylic acids is 2. The predicted octanol–water partition coefficient (Wildman–Crippen LogP) is 3.41. The highest BCUT2D eigenvalue weighted by Gasteiger charge is 2.11. The minimum atomic E-state index is -0.174. The minimum Gasteiger partial charge on any atom is -0.465 e. The number of unbranched alkanes of at least 4 members (excludes halogenated alkanes) is 1. The quantitative estimate of drug-likeness (QED) is 0.544. The van der Waals surface area contributed by atoms with Gasteiger partial charge in [0.1, 0.15) is 0 Å². The number of rotatable bonds is 8. The van der Waals surface area contributed by atoms with Crippen LogP contribution in [0.4, 0.5) is 5.69 Å². The lowest BCUT2D eigenvalue weighted by Gasteiger charge is -2.17. The fourth-order valence-corrected chi connectivity index (χ4v) is 1.84. The molecule has 0 saturated carbocycles. The monoisotopic (exact) mass is 291 g/mol. The van der Waals surface area contributed by atoms with Gasteiger partial charge in [0.25, 0.3) is 0 Å². The molecule has 0 heterocycles. The molecule has 4 nitrogen and oxygen atoms in total. The molecule has 0 aliphatic rings. The minimum absolute atomic E-state index is 0.0664. The molecule has 4 heteroatoms. The van der Waals surface area contributed by atoms with Crippen LogP contribution in [0, 0.1) is 5.92 Å². The summed E-state index contributed by atoms with van der Waals surface area (Å²) in [6.07, 6.45) is 2.22. The van der Waals surface area contributed by atoms with Crippen molar-refractivity contribution in [1.29, 1.82) is 0 Å². The number of carbonyl (C=O) groups is 2. The summed E-state index contributed by atoms with van der Waals surface area (Å²) in [6.45, 7) is 4.48. The van der Waals surface area contributed by atoms with Gasteiger partial charge in [0.05, 0.1) is 6.61 Å². The van der Waals surface area contributed by atoms with E-state index in [1.807, 2.05) is 44.2 Å². The molecule has 0 aliphatic carbocycles. The Bertz CT molecular complexity index is 443. The number of para-hydroxylation sites is 1. The Labute approximate surface area is 127 Å². The first kappa shape index (κ1) is 17.2. The Morgan fingerprint density at radius 2 is 1.71 bits per heavy atom. The molecule has 1 amide bonds. The molecule has 1 rings (SSSR count). The van der Waals surface area contributed by atoms with Crippen molar-refractivity contribution in [2.45, 2.75) is 39.5 Å². The zero-order chi connectivity index (χ0) is 15.7. The first-order chi connectivity index (χ1) is 10.0. The van der Waals surface area contributed by atoms with Crippen molar-refractivity contribution in [2.75, 3.05) is 18.6 Å². The third-order valence-corrected chi connectivity index (χ3v) is 3.12. The molecule has 0 N–H and O–H groups in total. The van der Waals surface area contributed by atoms with Gasteiger partial charge < -0.3 is 9.64 Å². The summed E-state index contributed by atoms with van der Waals surface area (Å²) in [5.74, 6) is 0.249. The molecule has 0 fully saturated rings. The summed E-state index contributed by atoms with van der Waals surface area (Å²) in [7, 11) is 1.77. The van der Waals surface area contributed by atoms with Crippen molar-refractivity contribution >= 4 is 17.6 Å². The van der Waals surface area contributed by atoms with Crippen LogP contribution in [0.5, 0.6) is 0 Å². The highest BCUT2D eigenvalue weighted by Crippen LogP contribution is 2.13. The molecule has 0 spiro atoms. The van der Waals surface area contributed by atoms with Crippen molar-refractivity contribution in [2.24, 2.45) is 5.92 Å². The molecular formula is C17H25NO3. The van der Waals surface area contributed by atoms with Crippen LogP contribution in [0.25, 0.3) is 0 Å². The zero-order valence-corrected chi connectivity index (χ0v) is 13.2. The first-order valence-electron chi connectivity index (χ1n) is 7.48. The van der Waals surface area contributed by atoms with E-state index in [9.17, 15) is 9.59 Å². The van der Waals surface area contributed by atoms with E-state index in [1.165, 1.54) is 0 Å². The Morgan fingerprint density at radius 1 is 1.10 bits per heavy atom. The number of amides is 1. The standard InChI is InChI=1S/C17H25NO3/c1-14(2)13-21-17(20)12-8-7-11-16(19)18(3)15-9-5-4-6-10-15/h4-6,9-10,14H,7-8,11-13H2,1-3H3. The van der Waals surface area contributed by atoms with Gasteiger partial charge in [0.2, 0.25) is 5.91 Å². The van der Waals surface area contributed by atoms with Gasteiger partial charge in [-0.1, -0.05) is 32.0 Å². The lowest BCUT2D eigenvalue weighted by Crippen LogP contribution is -2.25. The molecule has 0 bridgehead atoms. The summed E-state index contributed by atoms with van der Waals surface area (Å²) < 4.78 is 5.09. The molecule has 0 aliphatic heterocycles. The smallest absolute Gasteiger partial charge is 0.305 e. The highest BCUT2D eigenvalue weighted by atomic mass is 16.5. The van der Waals surface area contributed by atoms with Crippen LogP contribution >= 0.6 is 0 Å². The second-order valence-electron chi connectivity index (χ2n) is 5.57. The molecule has 0 unspecified atom stereocenters. The van der Waals surface area contributed by atoms with E-state index in [2.05, 4.69) is 0 Å². The summed E-state index contributed by atoms with van der Waals surface area (Å²) in [5, 5.41) is 0. The Kier molecular flexibility index (Phi) is 7.51. The van der Waals surface area contributed by atoms with Crippen molar-refractivity contribution in [3.63, 3.8) is 0 Å². The average molecular weight is 291 g/mol. The summed E-state index contributed by atoms with van der Waals surface area (Å²) in [6, 6.07) is 9.54. The van der Waals surface area contributed by atoms with Gasteiger partial charge in [-0.15, -0.1) is 0 Å². The summed E-state index contributed by atoms with van der Waals surface area (Å²) in [4.78, 5) is 25.1. The van der Waals surface area contributed by atoms with Crippen LogP contribution < -0.4 is 4.90 Å². The predicted molar refractivity (Wildman–Crippen MR) is 84.1 cm³/mol. The number of benzene rings is 1. The van der Waals surface area contributed by atoms with Gasteiger partial charge in [-0.3, -0.25) is 9.59 Å². The van der Waals surface area contributed by atoms with E-state index >= 15 is 0 Å². The maximum absolute atomic E-state index is 12.0. The van der Waals surface area contributed by atoms with Crippen molar-refractivity contribution in [1.82, 2.24) is 0 Å². The van der Waals surface area contributed by atoms with Gasteiger partial charge >= 0.3 is 5.97 Å². The Hall–Kier alpha value is -1.84. The molecular weight excluding hydrogens is 266 g/mol.